The van der Waals surface area contributed by atoms with Crippen LogP contribution < -0.4 is 5.32 Å². The Bertz CT molecular complexity index is 472. The zero-order chi connectivity index (χ0) is 12.8. The molecule has 0 saturated carbocycles. The van der Waals surface area contributed by atoms with Crippen molar-refractivity contribution in [3.05, 3.63) is 35.9 Å². The maximum atomic E-state index is 4.17. The Hall–Kier alpha value is -0.560. The molecule has 0 aliphatic heterocycles. The van der Waals surface area contributed by atoms with Crippen LogP contribution in [0.25, 0.3) is 0 Å². The van der Waals surface area contributed by atoms with Crippen LogP contribution in [-0.4, -0.2) is 29.3 Å². The van der Waals surface area contributed by atoms with E-state index in [4.69, 9.17) is 0 Å². The summed E-state index contributed by atoms with van der Waals surface area (Å²) in [5.41, 5.74) is 1.31. The van der Waals surface area contributed by atoms with Crippen LogP contribution in [0.15, 0.2) is 39.0 Å². The number of hydrogen-bond donors (Lipinski definition) is 1. The molecule has 1 N–H and O–H groups in total. The van der Waals surface area contributed by atoms with E-state index >= 15 is 0 Å². The van der Waals surface area contributed by atoms with Gasteiger partial charge in [-0.15, -0.1) is 10.2 Å². The van der Waals surface area contributed by atoms with Gasteiger partial charge in [-0.1, -0.05) is 65.2 Å². The van der Waals surface area contributed by atoms with Gasteiger partial charge < -0.3 is 5.32 Å². The largest absolute Gasteiger partial charge is 0.312 e. The Morgan fingerprint density at radius 2 is 1.94 bits per heavy atom. The van der Waals surface area contributed by atoms with Crippen molar-refractivity contribution < 1.29 is 0 Å². The van der Waals surface area contributed by atoms with Crippen LogP contribution in [0.2, 0.25) is 0 Å². The number of hydrogen-bond acceptors (Lipinski definition) is 6. The van der Waals surface area contributed by atoms with E-state index in [0.29, 0.717) is 6.04 Å². The summed E-state index contributed by atoms with van der Waals surface area (Å²) < 4.78 is 2.06. The van der Waals surface area contributed by atoms with Crippen molar-refractivity contribution in [1.29, 1.82) is 0 Å². The van der Waals surface area contributed by atoms with Gasteiger partial charge in [0.05, 0.1) is 0 Å². The molecule has 6 heteroatoms. The van der Waals surface area contributed by atoms with Crippen molar-refractivity contribution in [3.63, 3.8) is 0 Å². The average molecular weight is 297 g/mol. The van der Waals surface area contributed by atoms with Gasteiger partial charge in [-0.05, 0) is 18.9 Å². The molecule has 1 aromatic carbocycles. The van der Waals surface area contributed by atoms with E-state index in [9.17, 15) is 0 Å². The Balaban J connectivity index is 1.95. The van der Waals surface area contributed by atoms with Gasteiger partial charge in [-0.25, -0.2) is 0 Å². The molecule has 0 saturated heterocycles. The first-order chi connectivity index (χ1) is 8.83. The number of nitrogens with one attached hydrogen (secondary N) is 1. The monoisotopic (exact) mass is 297 g/mol. The average Bonchev–Trinajstić information content (AvgIpc) is 2.89. The minimum Gasteiger partial charge on any atom is -0.312 e. The van der Waals surface area contributed by atoms with Gasteiger partial charge in [-0.2, -0.15) is 0 Å². The number of thioether (sulfide) groups is 2. The standard InChI is InChI=1S/C12H15N3S3/c1-13-10(9-6-4-3-5-7-9)8-17-12-15-14-11(16-2)18-12/h3-7,10,13H,8H2,1-2H3. The first kappa shape index (κ1) is 13.9. The third-order valence-corrected chi connectivity index (χ3v) is 5.61. The number of nitrogens with zero attached hydrogens (tertiary/aromatic N) is 2. The Kier molecular flexibility index (Phi) is 5.49. The van der Waals surface area contributed by atoms with E-state index < -0.39 is 0 Å². The molecule has 0 aliphatic rings. The summed E-state index contributed by atoms with van der Waals surface area (Å²) in [6, 6.07) is 10.8. The van der Waals surface area contributed by atoms with E-state index in [2.05, 4.69) is 39.8 Å². The van der Waals surface area contributed by atoms with Crippen molar-refractivity contribution in [2.75, 3.05) is 19.1 Å². The van der Waals surface area contributed by atoms with E-state index in [1.165, 1.54) is 5.56 Å². The predicted molar refractivity (Wildman–Crippen MR) is 80.7 cm³/mol. The van der Waals surface area contributed by atoms with Crippen molar-refractivity contribution in [2.24, 2.45) is 0 Å². The summed E-state index contributed by atoms with van der Waals surface area (Å²) in [4.78, 5) is 0. The minimum absolute atomic E-state index is 0.345. The number of aromatic nitrogens is 2. The molecule has 3 nitrogen and oxygen atoms in total. The van der Waals surface area contributed by atoms with E-state index in [0.717, 1.165) is 14.4 Å². The summed E-state index contributed by atoms with van der Waals surface area (Å²) >= 11 is 5.05. The van der Waals surface area contributed by atoms with E-state index in [1.807, 2.05) is 19.4 Å². The smallest absolute Gasteiger partial charge is 0.175 e. The lowest BCUT2D eigenvalue weighted by atomic mass is 10.1. The molecule has 18 heavy (non-hydrogen) atoms. The fraction of sp³-hybridized carbons (Fsp3) is 0.333. The molecule has 0 amide bonds. The molecule has 1 atom stereocenters. The highest BCUT2D eigenvalue weighted by atomic mass is 32.2. The van der Waals surface area contributed by atoms with Crippen LogP contribution >= 0.6 is 34.9 Å². The Morgan fingerprint density at radius 1 is 1.22 bits per heavy atom. The molecule has 96 valence electrons. The zero-order valence-electron chi connectivity index (χ0n) is 10.3. The molecule has 0 aliphatic carbocycles. The van der Waals surface area contributed by atoms with Gasteiger partial charge in [0.2, 0.25) is 0 Å². The fourth-order valence-corrected chi connectivity index (χ4v) is 4.13. The van der Waals surface area contributed by atoms with Crippen molar-refractivity contribution in [2.45, 2.75) is 14.7 Å². The lowest BCUT2D eigenvalue weighted by Crippen LogP contribution is -2.18. The molecule has 0 fully saturated rings. The molecule has 2 aromatic rings. The highest BCUT2D eigenvalue weighted by Crippen LogP contribution is 2.30. The second kappa shape index (κ2) is 7.13. The van der Waals surface area contributed by atoms with Crippen LogP contribution in [-0.2, 0) is 0 Å². The molecule has 0 bridgehead atoms. The first-order valence-electron chi connectivity index (χ1n) is 5.56. The van der Waals surface area contributed by atoms with Gasteiger partial charge in [0.25, 0.3) is 0 Å². The summed E-state index contributed by atoms with van der Waals surface area (Å²) in [6.07, 6.45) is 2.02. The van der Waals surface area contributed by atoms with Gasteiger partial charge >= 0.3 is 0 Å². The summed E-state index contributed by atoms with van der Waals surface area (Å²) in [6.45, 7) is 0. The highest BCUT2D eigenvalue weighted by Gasteiger charge is 2.11. The van der Waals surface area contributed by atoms with Gasteiger partial charge in [0.1, 0.15) is 0 Å². The minimum atomic E-state index is 0.345. The molecule has 1 unspecified atom stereocenters. The highest BCUT2D eigenvalue weighted by molar-refractivity contribution is 8.02. The maximum Gasteiger partial charge on any atom is 0.175 e. The SMILES string of the molecule is CNC(CSc1nnc(SC)s1)c1ccccc1. The summed E-state index contributed by atoms with van der Waals surface area (Å²) in [5.74, 6) is 0.962. The third kappa shape index (κ3) is 3.71. The normalized spacial score (nSPS) is 12.6. The third-order valence-electron chi connectivity index (χ3n) is 2.49. The molecule has 1 heterocycles. The Morgan fingerprint density at radius 3 is 2.56 bits per heavy atom. The van der Waals surface area contributed by atoms with Crippen LogP contribution in [0, 0.1) is 0 Å². The van der Waals surface area contributed by atoms with E-state index in [1.54, 1.807) is 34.9 Å². The molecule has 0 radical (unpaired) electrons. The van der Waals surface area contributed by atoms with Gasteiger partial charge in [-0.3, -0.25) is 0 Å². The number of benzene rings is 1. The predicted octanol–water partition coefficient (Wildman–Crippen LogP) is 3.31. The first-order valence-corrected chi connectivity index (χ1v) is 8.58. The van der Waals surface area contributed by atoms with Crippen LogP contribution in [0.3, 0.4) is 0 Å². The van der Waals surface area contributed by atoms with Crippen LogP contribution in [0.1, 0.15) is 11.6 Å². The molecule has 1 aromatic heterocycles. The quantitative estimate of drug-likeness (QED) is 0.828. The lowest BCUT2D eigenvalue weighted by molar-refractivity contribution is 0.661. The maximum absolute atomic E-state index is 4.17. The second-order valence-corrected chi connectivity index (χ2v) is 6.90. The summed E-state index contributed by atoms with van der Waals surface area (Å²) in [5, 5.41) is 11.6. The topological polar surface area (TPSA) is 37.8 Å². The van der Waals surface area contributed by atoms with Crippen LogP contribution in [0.4, 0.5) is 0 Å². The molecular weight excluding hydrogens is 282 g/mol. The van der Waals surface area contributed by atoms with Gasteiger partial charge in [0, 0.05) is 11.8 Å². The fourth-order valence-electron chi connectivity index (χ4n) is 1.52. The summed E-state index contributed by atoms with van der Waals surface area (Å²) in [7, 11) is 1.99. The van der Waals surface area contributed by atoms with Crippen molar-refractivity contribution in [1.82, 2.24) is 15.5 Å². The van der Waals surface area contributed by atoms with Crippen LogP contribution in [0.5, 0.6) is 0 Å². The lowest BCUT2D eigenvalue weighted by Gasteiger charge is -2.15. The molecule has 0 spiro atoms. The molecular formula is C12H15N3S3. The van der Waals surface area contributed by atoms with Gasteiger partial charge in [0.15, 0.2) is 8.68 Å². The zero-order valence-corrected chi connectivity index (χ0v) is 12.7. The Labute approximate surface area is 120 Å². The van der Waals surface area contributed by atoms with Crippen molar-refractivity contribution >= 4 is 34.9 Å². The van der Waals surface area contributed by atoms with E-state index in [-0.39, 0.29) is 0 Å². The molecule has 2 rings (SSSR count). The second-order valence-electron chi connectivity index (χ2n) is 3.60. The van der Waals surface area contributed by atoms with Crippen molar-refractivity contribution in [3.8, 4) is 0 Å². The number of rotatable bonds is 6.